The van der Waals surface area contributed by atoms with Gasteiger partial charge in [-0.1, -0.05) is 54.9 Å². The van der Waals surface area contributed by atoms with Crippen molar-refractivity contribution in [3.8, 4) is 0 Å². The molecule has 0 saturated heterocycles. The van der Waals surface area contributed by atoms with Crippen LogP contribution >= 0.6 is 27.5 Å². The van der Waals surface area contributed by atoms with Crippen LogP contribution in [-0.2, 0) is 6.42 Å². The van der Waals surface area contributed by atoms with Gasteiger partial charge in [0, 0.05) is 10.5 Å². The second kappa shape index (κ2) is 7.26. The van der Waals surface area contributed by atoms with Crippen LogP contribution in [-0.4, -0.2) is 6.54 Å². The van der Waals surface area contributed by atoms with Crippen molar-refractivity contribution in [2.24, 2.45) is 0 Å². The van der Waals surface area contributed by atoms with E-state index in [0.29, 0.717) is 0 Å². The highest BCUT2D eigenvalue weighted by Gasteiger charge is 2.16. The molecule has 2 rings (SSSR count). The smallest absolute Gasteiger partial charge is 0.0595 e. The van der Waals surface area contributed by atoms with E-state index < -0.39 is 0 Å². The fraction of sp³-hybridized carbons (Fsp3) is 0.294. The summed E-state index contributed by atoms with van der Waals surface area (Å²) in [7, 11) is 0. The molecule has 0 aliphatic carbocycles. The molecule has 1 nitrogen and oxygen atoms in total. The fourth-order valence-electron chi connectivity index (χ4n) is 2.39. The van der Waals surface area contributed by atoms with Crippen LogP contribution in [0.5, 0.6) is 0 Å². The van der Waals surface area contributed by atoms with Gasteiger partial charge in [-0.15, -0.1) is 0 Å². The molecule has 0 bridgehead atoms. The van der Waals surface area contributed by atoms with E-state index in [2.05, 4.69) is 65.4 Å². The van der Waals surface area contributed by atoms with Crippen LogP contribution < -0.4 is 5.32 Å². The maximum Gasteiger partial charge on any atom is 0.0595 e. The third kappa shape index (κ3) is 3.63. The lowest BCUT2D eigenvalue weighted by Gasteiger charge is -2.21. The zero-order valence-corrected chi connectivity index (χ0v) is 14.1. The molecular weight excluding hydrogens is 334 g/mol. The first-order valence-electron chi connectivity index (χ1n) is 6.85. The molecule has 0 radical (unpaired) electrons. The van der Waals surface area contributed by atoms with Crippen LogP contribution in [0.4, 0.5) is 0 Å². The van der Waals surface area contributed by atoms with Crippen molar-refractivity contribution in [2.45, 2.75) is 26.3 Å². The summed E-state index contributed by atoms with van der Waals surface area (Å²) in [5, 5.41) is 4.34. The van der Waals surface area contributed by atoms with Gasteiger partial charge in [0.2, 0.25) is 0 Å². The zero-order chi connectivity index (χ0) is 14.5. The zero-order valence-electron chi connectivity index (χ0n) is 11.8. The SMILES string of the molecule is CCNC(Cc1ccccc1C)c1cccc(Br)c1Cl. The van der Waals surface area contributed by atoms with Crippen LogP contribution in [0.15, 0.2) is 46.9 Å². The Morgan fingerprint density at radius 1 is 1.15 bits per heavy atom. The Kier molecular flexibility index (Phi) is 5.64. The molecule has 2 aromatic rings. The molecule has 1 N–H and O–H groups in total. The third-order valence-electron chi connectivity index (χ3n) is 3.49. The Bertz CT molecular complexity index is 583. The molecule has 0 fully saturated rings. The summed E-state index contributed by atoms with van der Waals surface area (Å²) >= 11 is 9.95. The van der Waals surface area contributed by atoms with Gasteiger partial charge in [-0.25, -0.2) is 0 Å². The van der Waals surface area contributed by atoms with Gasteiger partial charge in [-0.05, 0) is 58.6 Å². The molecule has 0 aliphatic rings. The molecule has 0 amide bonds. The van der Waals surface area contributed by atoms with E-state index in [9.17, 15) is 0 Å². The van der Waals surface area contributed by atoms with Crippen molar-refractivity contribution in [3.63, 3.8) is 0 Å². The molecule has 0 heterocycles. The van der Waals surface area contributed by atoms with Crippen LogP contribution in [0.2, 0.25) is 5.02 Å². The maximum atomic E-state index is 6.44. The predicted molar refractivity (Wildman–Crippen MR) is 90.5 cm³/mol. The first-order valence-corrected chi connectivity index (χ1v) is 8.02. The van der Waals surface area contributed by atoms with E-state index in [0.717, 1.165) is 28.0 Å². The molecule has 2 aromatic carbocycles. The average molecular weight is 353 g/mol. The van der Waals surface area contributed by atoms with Gasteiger partial charge in [-0.2, -0.15) is 0 Å². The number of benzene rings is 2. The molecule has 0 spiro atoms. The van der Waals surface area contributed by atoms with Crippen molar-refractivity contribution in [1.82, 2.24) is 5.32 Å². The fourth-order valence-corrected chi connectivity index (χ4v) is 3.03. The van der Waals surface area contributed by atoms with Crippen LogP contribution in [0.1, 0.15) is 29.7 Å². The first-order chi connectivity index (χ1) is 9.63. The summed E-state index contributed by atoms with van der Waals surface area (Å²) in [6.45, 7) is 5.19. The highest BCUT2D eigenvalue weighted by molar-refractivity contribution is 9.10. The molecule has 1 atom stereocenters. The standard InChI is InChI=1S/C17H19BrClN/c1-3-20-16(11-13-8-5-4-7-12(13)2)14-9-6-10-15(18)17(14)19/h4-10,16,20H,3,11H2,1-2H3. The van der Waals surface area contributed by atoms with E-state index in [1.54, 1.807) is 0 Å². The number of halogens is 2. The third-order valence-corrected chi connectivity index (χ3v) is 4.80. The number of aryl methyl sites for hydroxylation is 1. The first kappa shape index (κ1) is 15.6. The minimum absolute atomic E-state index is 0.228. The van der Waals surface area contributed by atoms with Crippen molar-refractivity contribution in [3.05, 3.63) is 68.7 Å². The lowest BCUT2D eigenvalue weighted by Crippen LogP contribution is -2.23. The summed E-state index contributed by atoms with van der Waals surface area (Å²) < 4.78 is 0.948. The summed E-state index contributed by atoms with van der Waals surface area (Å²) in [4.78, 5) is 0. The van der Waals surface area contributed by atoms with E-state index >= 15 is 0 Å². The minimum Gasteiger partial charge on any atom is -0.310 e. The Balaban J connectivity index is 2.32. The van der Waals surface area contributed by atoms with Gasteiger partial charge in [0.05, 0.1) is 5.02 Å². The maximum absolute atomic E-state index is 6.44. The quantitative estimate of drug-likeness (QED) is 0.769. The largest absolute Gasteiger partial charge is 0.310 e. The number of likely N-dealkylation sites (N-methyl/N-ethyl adjacent to an activating group) is 1. The van der Waals surface area contributed by atoms with E-state index in [-0.39, 0.29) is 6.04 Å². The second-order valence-electron chi connectivity index (χ2n) is 4.88. The molecular formula is C17H19BrClN. The van der Waals surface area contributed by atoms with E-state index in [1.807, 2.05) is 12.1 Å². The number of rotatable bonds is 5. The van der Waals surface area contributed by atoms with E-state index in [1.165, 1.54) is 11.1 Å². The molecule has 106 valence electrons. The van der Waals surface area contributed by atoms with Crippen molar-refractivity contribution >= 4 is 27.5 Å². The van der Waals surface area contributed by atoms with Gasteiger partial charge in [0.15, 0.2) is 0 Å². The molecule has 1 unspecified atom stereocenters. The number of nitrogens with one attached hydrogen (secondary N) is 1. The Morgan fingerprint density at radius 2 is 1.90 bits per heavy atom. The van der Waals surface area contributed by atoms with Crippen molar-refractivity contribution < 1.29 is 0 Å². The van der Waals surface area contributed by atoms with Crippen LogP contribution in [0, 0.1) is 6.92 Å². The summed E-state index contributed by atoms with van der Waals surface area (Å²) in [5.74, 6) is 0. The van der Waals surface area contributed by atoms with E-state index in [4.69, 9.17) is 11.6 Å². The molecule has 0 aliphatic heterocycles. The van der Waals surface area contributed by atoms with Crippen molar-refractivity contribution in [1.29, 1.82) is 0 Å². The highest BCUT2D eigenvalue weighted by atomic mass is 79.9. The van der Waals surface area contributed by atoms with Gasteiger partial charge < -0.3 is 5.32 Å². The lowest BCUT2D eigenvalue weighted by molar-refractivity contribution is 0.549. The van der Waals surface area contributed by atoms with Crippen molar-refractivity contribution in [2.75, 3.05) is 6.54 Å². The normalized spacial score (nSPS) is 12.4. The monoisotopic (exact) mass is 351 g/mol. The highest BCUT2D eigenvalue weighted by Crippen LogP contribution is 2.32. The summed E-state index contributed by atoms with van der Waals surface area (Å²) in [6.07, 6.45) is 0.941. The molecule has 0 saturated carbocycles. The van der Waals surface area contributed by atoms with Gasteiger partial charge in [-0.3, -0.25) is 0 Å². The average Bonchev–Trinajstić information content (AvgIpc) is 2.44. The minimum atomic E-state index is 0.228. The predicted octanol–water partition coefficient (Wildman–Crippen LogP) is 5.30. The van der Waals surface area contributed by atoms with Gasteiger partial charge in [0.1, 0.15) is 0 Å². The topological polar surface area (TPSA) is 12.0 Å². The summed E-state index contributed by atoms with van der Waals surface area (Å²) in [5.41, 5.74) is 3.82. The molecule has 0 aromatic heterocycles. The van der Waals surface area contributed by atoms with Gasteiger partial charge in [0.25, 0.3) is 0 Å². The summed E-state index contributed by atoms with van der Waals surface area (Å²) in [6, 6.07) is 14.8. The van der Waals surface area contributed by atoms with Gasteiger partial charge >= 0.3 is 0 Å². The van der Waals surface area contributed by atoms with Crippen LogP contribution in [0.25, 0.3) is 0 Å². The van der Waals surface area contributed by atoms with Crippen LogP contribution in [0.3, 0.4) is 0 Å². The lowest BCUT2D eigenvalue weighted by atomic mass is 9.96. The Morgan fingerprint density at radius 3 is 2.60 bits per heavy atom. The second-order valence-corrected chi connectivity index (χ2v) is 6.12. The Hall–Kier alpha value is -0.830. The Labute approximate surface area is 134 Å². The molecule has 20 heavy (non-hydrogen) atoms. The molecule has 3 heteroatoms. The number of hydrogen-bond acceptors (Lipinski definition) is 1. The number of hydrogen-bond donors (Lipinski definition) is 1.